The van der Waals surface area contributed by atoms with E-state index >= 15 is 0 Å². The zero-order valence-corrected chi connectivity index (χ0v) is 13.2. The summed E-state index contributed by atoms with van der Waals surface area (Å²) in [5.74, 6) is -0.558. The lowest BCUT2D eigenvalue weighted by Gasteiger charge is -2.17. The second kappa shape index (κ2) is 6.91. The SMILES string of the molecule is CCN(CC)C(=O)n1cc(F)c(Sc2ccc(Cl)cn2)n1. The molecule has 1 amide bonds. The molecule has 21 heavy (non-hydrogen) atoms. The number of hydrogen-bond acceptors (Lipinski definition) is 4. The van der Waals surface area contributed by atoms with Crippen LogP contribution in [0.5, 0.6) is 0 Å². The van der Waals surface area contributed by atoms with Gasteiger partial charge in [0.25, 0.3) is 0 Å². The van der Waals surface area contributed by atoms with E-state index in [4.69, 9.17) is 11.6 Å². The fraction of sp³-hybridized carbons (Fsp3) is 0.308. The monoisotopic (exact) mass is 328 g/mol. The predicted molar refractivity (Wildman–Crippen MR) is 79.3 cm³/mol. The first-order chi connectivity index (χ1) is 10.0. The van der Waals surface area contributed by atoms with Crippen molar-refractivity contribution in [2.45, 2.75) is 23.9 Å². The van der Waals surface area contributed by atoms with Crippen molar-refractivity contribution in [1.29, 1.82) is 0 Å². The largest absolute Gasteiger partial charge is 0.344 e. The van der Waals surface area contributed by atoms with Crippen molar-refractivity contribution in [1.82, 2.24) is 19.7 Å². The van der Waals surface area contributed by atoms with E-state index in [0.717, 1.165) is 22.6 Å². The highest BCUT2D eigenvalue weighted by Gasteiger charge is 2.18. The molecule has 0 bridgehead atoms. The van der Waals surface area contributed by atoms with Gasteiger partial charge in [-0.2, -0.15) is 9.78 Å². The van der Waals surface area contributed by atoms with Gasteiger partial charge in [0.15, 0.2) is 10.8 Å². The van der Waals surface area contributed by atoms with E-state index in [1.54, 1.807) is 17.0 Å². The summed E-state index contributed by atoms with van der Waals surface area (Å²) in [5.41, 5.74) is 0. The number of hydrogen-bond donors (Lipinski definition) is 0. The molecule has 0 atom stereocenters. The van der Waals surface area contributed by atoms with Crippen molar-refractivity contribution in [3.63, 3.8) is 0 Å². The summed E-state index contributed by atoms with van der Waals surface area (Å²) in [6, 6.07) is 2.97. The van der Waals surface area contributed by atoms with Crippen LogP contribution in [0.15, 0.2) is 34.6 Å². The van der Waals surface area contributed by atoms with Crippen molar-refractivity contribution >= 4 is 29.4 Å². The van der Waals surface area contributed by atoms with E-state index in [1.165, 1.54) is 6.20 Å². The van der Waals surface area contributed by atoms with E-state index in [-0.39, 0.29) is 11.1 Å². The van der Waals surface area contributed by atoms with Gasteiger partial charge in [0.05, 0.1) is 11.2 Å². The zero-order chi connectivity index (χ0) is 15.4. The number of rotatable bonds is 4. The number of nitrogens with zero attached hydrogens (tertiary/aromatic N) is 4. The minimum absolute atomic E-state index is 0.102. The average Bonchev–Trinajstić information content (AvgIpc) is 2.84. The van der Waals surface area contributed by atoms with Gasteiger partial charge in [0.1, 0.15) is 5.03 Å². The van der Waals surface area contributed by atoms with Gasteiger partial charge in [0, 0.05) is 19.3 Å². The van der Waals surface area contributed by atoms with Crippen molar-refractivity contribution < 1.29 is 9.18 Å². The van der Waals surface area contributed by atoms with Crippen molar-refractivity contribution in [2.24, 2.45) is 0 Å². The van der Waals surface area contributed by atoms with Crippen LogP contribution >= 0.6 is 23.4 Å². The summed E-state index contributed by atoms with van der Waals surface area (Å²) in [6.07, 6.45) is 2.55. The molecule has 0 aliphatic heterocycles. The van der Waals surface area contributed by atoms with Crippen LogP contribution in [-0.2, 0) is 0 Å². The first kappa shape index (κ1) is 15.8. The molecule has 0 aliphatic rings. The van der Waals surface area contributed by atoms with Gasteiger partial charge in [-0.3, -0.25) is 0 Å². The molecule has 2 heterocycles. The fourth-order valence-electron chi connectivity index (χ4n) is 1.66. The predicted octanol–water partition coefficient (Wildman–Crippen LogP) is 3.53. The van der Waals surface area contributed by atoms with Gasteiger partial charge in [-0.25, -0.2) is 14.2 Å². The molecule has 0 aliphatic carbocycles. The molecule has 0 spiro atoms. The summed E-state index contributed by atoms with van der Waals surface area (Å²) in [5, 5.41) is 5.14. The van der Waals surface area contributed by atoms with E-state index in [0.29, 0.717) is 23.1 Å². The Balaban J connectivity index is 2.19. The van der Waals surface area contributed by atoms with Gasteiger partial charge in [-0.15, -0.1) is 0 Å². The minimum Gasteiger partial charge on any atom is -0.323 e. The van der Waals surface area contributed by atoms with Crippen molar-refractivity contribution in [3.05, 3.63) is 35.4 Å². The Kier molecular flexibility index (Phi) is 5.19. The third-order valence-corrected chi connectivity index (χ3v) is 3.91. The van der Waals surface area contributed by atoms with E-state index < -0.39 is 5.82 Å². The lowest BCUT2D eigenvalue weighted by molar-refractivity contribution is 0.201. The number of aromatic nitrogens is 3. The highest BCUT2D eigenvalue weighted by Crippen LogP contribution is 2.27. The molecule has 0 N–H and O–H groups in total. The Morgan fingerprint density at radius 3 is 2.71 bits per heavy atom. The standard InChI is InChI=1S/C13H14ClFN4OS/c1-3-18(4-2)13(20)19-8-10(15)12(17-19)21-11-6-5-9(14)7-16-11/h5-8H,3-4H2,1-2H3. The van der Waals surface area contributed by atoms with Crippen LogP contribution in [-0.4, -0.2) is 38.8 Å². The summed E-state index contributed by atoms with van der Waals surface area (Å²) in [7, 11) is 0. The molecule has 8 heteroatoms. The zero-order valence-electron chi connectivity index (χ0n) is 11.6. The maximum absolute atomic E-state index is 13.9. The summed E-state index contributed by atoms with van der Waals surface area (Å²) in [4.78, 5) is 17.7. The van der Waals surface area contributed by atoms with Crippen molar-refractivity contribution in [2.75, 3.05) is 13.1 Å². The Bertz CT molecular complexity index is 628. The highest BCUT2D eigenvalue weighted by molar-refractivity contribution is 7.99. The molecule has 0 fully saturated rings. The molecule has 0 saturated carbocycles. The Morgan fingerprint density at radius 2 is 2.14 bits per heavy atom. The van der Waals surface area contributed by atoms with E-state index in [9.17, 15) is 9.18 Å². The fourth-order valence-corrected chi connectivity index (χ4v) is 2.50. The summed E-state index contributed by atoms with van der Waals surface area (Å²) in [6.45, 7) is 4.79. The molecule has 0 aromatic carbocycles. The molecule has 112 valence electrons. The van der Waals surface area contributed by atoms with Crippen LogP contribution in [0.4, 0.5) is 9.18 Å². The van der Waals surface area contributed by atoms with Crippen LogP contribution in [0.2, 0.25) is 5.02 Å². The maximum atomic E-state index is 13.9. The third kappa shape index (κ3) is 3.74. The normalized spacial score (nSPS) is 10.7. The Hall–Kier alpha value is -1.60. The molecular formula is C13H14ClFN4OS. The van der Waals surface area contributed by atoms with Gasteiger partial charge >= 0.3 is 6.03 Å². The third-order valence-electron chi connectivity index (χ3n) is 2.77. The Morgan fingerprint density at radius 1 is 1.43 bits per heavy atom. The second-order valence-corrected chi connectivity index (χ2v) is 5.54. The Labute approximate surface area is 131 Å². The first-order valence-corrected chi connectivity index (χ1v) is 7.58. The second-order valence-electron chi connectivity index (χ2n) is 4.10. The van der Waals surface area contributed by atoms with Gasteiger partial charge in [-0.1, -0.05) is 11.6 Å². The number of carbonyl (C=O) groups is 1. The van der Waals surface area contributed by atoms with Gasteiger partial charge in [0.2, 0.25) is 0 Å². The number of halogens is 2. The van der Waals surface area contributed by atoms with Gasteiger partial charge in [-0.05, 0) is 37.7 Å². The smallest absolute Gasteiger partial charge is 0.323 e. The summed E-state index contributed by atoms with van der Waals surface area (Å²) < 4.78 is 14.9. The molecule has 0 radical (unpaired) electrons. The van der Waals surface area contributed by atoms with Crippen LogP contribution in [0.1, 0.15) is 13.8 Å². The number of pyridine rings is 1. The van der Waals surface area contributed by atoms with Crippen LogP contribution in [0.25, 0.3) is 0 Å². The molecule has 0 saturated heterocycles. The summed E-state index contributed by atoms with van der Waals surface area (Å²) >= 11 is 6.78. The van der Waals surface area contributed by atoms with Crippen LogP contribution in [0, 0.1) is 5.82 Å². The lowest BCUT2D eigenvalue weighted by Crippen LogP contribution is -2.34. The lowest BCUT2D eigenvalue weighted by atomic mass is 10.5. The maximum Gasteiger partial charge on any atom is 0.344 e. The first-order valence-electron chi connectivity index (χ1n) is 6.39. The minimum atomic E-state index is -0.558. The van der Waals surface area contributed by atoms with E-state index in [1.807, 2.05) is 13.8 Å². The quantitative estimate of drug-likeness (QED) is 0.861. The van der Waals surface area contributed by atoms with Gasteiger partial charge < -0.3 is 4.90 Å². The van der Waals surface area contributed by atoms with Crippen molar-refractivity contribution in [3.8, 4) is 0 Å². The number of carbonyl (C=O) groups excluding carboxylic acids is 1. The molecule has 0 unspecified atom stereocenters. The number of amides is 1. The highest BCUT2D eigenvalue weighted by atomic mass is 35.5. The molecule has 5 nitrogen and oxygen atoms in total. The topological polar surface area (TPSA) is 51.0 Å². The molecular weight excluding hydrogens is 315 g/mol. The molecule has 2 aromatic rings. The van der Waals surface area contributed by atoms with Crippen LogP contribution < -0.4 is 0 Å². The average molecular weight is 329 g/mol. The molecule has 2 rings (SSSR count). The molecule has 2 aromatic heterocycles. The van der Waals surface area contributed by atoms with Crippen LogP contribution in [0.3, 0.4) is 0 Å². The van der Waals surface area contributed by atoms with E-state index in [2.05, 4.69) is 10.1 Å².